The molecule has 0 bridgehead atoms. The van der Waals surface area contributed by atoms with Gasteiger partial charge in [0.25, 0.3) is 0 Å². The fourth-order valence-electron chi connectivity index (χ4n) is 2.90. The van der Waals surface area contributed by atoms with Crippen molar-refractivity contribution < 1.29 is 9.90 Å². The summed E-state index contributed by atoms with van der Waals surface area (Å²) in [5, 5.41) is 13.0. The third-order valence-electron chi connectivity index (χ3n) is 4.65. The molecule has 4 nitrogen and oxygen atoms in total. The van der Waals surface area contributed by atoms with Crippen molar-refractivity contribution in [2.75, 3.05) is 19.6 Å². The molecule has 1 saturated carbocycles. The number of aliphatic hydroxyl groups is 1. The Morgan fingerprint density at radius 3 is 2.56 bits per heavy atom. The first-order valence-electron chi connectivity index (χ1n) is 7.21. The van der Waals surface area contributed by atoms with Crippen molar-refractivity contribution in [2.45, 2.75) is 58.1 Å². The van der Waals surface area contributed by atoms with Crippen molar-refractivity contribution in [3.63, 3.8) is 0 Å². The molecule has 0 aromatic heterocycles. The van der Waals surface area contributed by atoms with Crippen LogP contribution < -0.4 is 5.32 Å². The van der Waals surface area contributed by atoms with Gasteiger partial charge in [0.05, 0.1) is 6.10 Å². The summed E-state index contributed by atoms with van der Waals surface area (Å²) in [4.78, 5) is 13.9. The third kappa shape index (κ3) is 2.86. The van der Waals surface area contributed by atoms with Crippen molar-refractivity contribution in [1.82, 2.24) is 10.2 Å². The molecule has 2 atom stereocenters. The minimum absolute atomic E-state index is 0.0474. The molecule has 2 N–H and O–H groups in total. The molecule has 2 unspecified atom stereocenters. The Bertz CT molecular complexity index is 298. The number of likely N-dealkylation sites (tertiary alicyclic amines) is 1. The Labute approximate surface area is 110 Å². The van der Waals surface area contributed by atoms with E-state index in [0.29, 0.717) is 12.5 Å². The van der Waals surface area contributed by atoms with Crippen LogP contribution in [-0.2, 0) is 4.79 Å². The Balaban J connectivity index is 1.65. The SMILES string of the molecule is CC1(C)C(O)CC1NCCC(=O)N1CCCCC1. The molecule has 104 valence electrons. The maximum absolute atomic E-state index is 11.9. The van der Waals surface area contributed by atoms with Gasteiger partial charge in [0.2, 0.25) is 5.91 Å². The lowest BCUT2D eigenvalue weighted by Crippen LogP contribution is -2.60. The average molecular weight is 254 g/mol. The normalized spacial score (nSPS) is 30.9. The molecule has 1 amide bonds. The zero-order chi connectivity index (χ0) is 13.2. The fraction of sp³-hybridized carbons (Fsp3) is 0.929. The first-order valence-corrected chi connectivity index (χ1v) is 7.21. The van der Waals surface area contributed by atoms with E-state index >= 15 is 0 Å². The lowest BCUT2D eigenvalue weighted by Gasteiger charge is -2.49. The number of nitrogens with zero attached hydrogens (tertiary/aromatic N) is 1. The van der Waals surface area contributed by atoms with Gasteiger partial charge >= 0.3 is 0 Å². The maximum atomic E-state index is 11.9. The number of piperidine rings is 1. The Hall–Kier alpha value is -0.610. The van der Waals surface area contributed by atoms with E-state index in [1.54, 1.807) is 0 Å². The zero-order valence-electron chi connectivity index (χ0n) is 11.6. The number of aliphatic hydroxyl groups excluding tert-OH is 1. The molecule has 0 spiro atoms. The van der Waals surface area contributed by atoms with Crippen LogP contribution in [-0.4, -0.2) is 47.7 Å². The number of amides is 1. The third-order valence-corrected chi connectivity index (χ3v) is 4.65. The molecule has 18 heavy (non-hydrogen) atoms. The van der Waals surface area contributed by atoms with E-state index in [0.717, 1.165) is 38.9 Å². The summed E-state index contributed by atoms with van der Waals surface area (Å²) in [5.41, 5.74) is -0.0474. The summed E-state index contributed by atoms with van der Waals surface area (Å²) in [7, 11) is 0. The van der Waals surface area contributed by atoms with Crippen molar-refractivity contribution in [2.24, 2.45) is 5.41 Å². The summed E-state index contributed by atoms with van der Waals surface area (Å²) >= 11 is 0. The number of nitrogens with one attached hydrogen (secondary N) is 1. The molecule has 1 heterocycles. The van der Waals surface area contributed by atoms with Crippen molar-refractivity contribution in [3.8, 4) is 0 Å². The average Bonchev–Trinajstić information content (AvgIpc) is 2.38. The summed E-state index contributed by atoms with van der Waals surface area (Å²) < 4.78 is 0. The molecule has 0 radical (unpaired) electrons. The van der Waals surface area contributed by atoms with Crippen LogP contribution in [0.5, 0.6) is 0 Å². The number of carbonyl (C=O) groups excluding carboxylic acids is 1. The van der Waals surface area contributed by atoms with E-state index in [2.05, 4.69) is 19.2 Å². The number of hydrogen-bond donors (Lipinski definition) is 2. The van der Waals surface area contributed by atoms with Crippen LogP contribution in [0, 0.1) is 5.41 Å². The first-order chi connectivity index (χ1) is 8.51. The summed E-state index contributed by atoms with van der Waals surface area (Å²) in [6.07, 6.45) is 4.76. The molecule has 2 aliphatic rings. The van der Waals surface area contributed by atoms with Gasteiger partial charge in [-0.25, -0.2) is 0 Å². The Morgan fingerprint density at radius 1 is 1.33 bits per heavy atom. The Kier molecular flexibility index (Phi) is 4.28. The van der Waals surface area contributed by atoms with E-state index in [1.807, 2.05) is 4.90 Å². The van der Waals surface area contributed by atoms with Crippen LogP contribution in [0.4, 0.5) is 0 Å². The molecular weight excluding hydrogens is 228 g/mol. The summed E-state index contributed by atoms with van der Waals surface area (Å²) in [5.74, 6) is 0.278. The zero-order valence-corrected chi connectivity index (χ0v) is 11.6. The topological polar surface area (TPSA) is 52.6 Å². The molecule has 2 rings (SSSR count). The van der Waals surface area contributed by atoms with Crippen LogP contribution in [0.25, 0.3) is 0 Å². The molecule has 1 aliphatic heterocycles. The smallest absolute Gasteiger partial charge is 0.223 e. The molecular formula is C14H26N2O2. The van der Waals surface area contributed by atoms with Crippen LogP contribution in [0.1, 0.15) is 46.0 Å². The first kappa shape index (κ1) is 13.8. The molecule has 2 fully saturated rings. The van der Waals surface area contributed by atoms with E-state index in [-0.39, 0.29) is 17.4 Å². The monoisotopic (exact) mass is 254 g/mol. The highest BCUT2D eigenvalue weighted by molar-refractivity contribution is 5.76. The largest absolute Gasteiger partial charge is 0.392 e. The van der Waals surface area contributed by atoms with Gasteiger partial charge in [-0.1, -0.05) is 13.8 Å². The summed E-state index contributed by atoms with van der Waals surface area (Å²) in [6, 6.07) is 0.349. The highest BCUT2D eigenvalue weighted by Gasteiger charge is 2.46. The quantitative estimate of drug-likeness (QED) is 0.791. The molecule has 4 heteroatoms. The minimum atomic E-state index is -0.201. The van der Waals surface area contributed by atoms with Gasteiger partial charge in [-0.3, -0.25) is 4.79 Å². The second-order valence-corrected chi connectivity index (χ2v) is 6.27. The number of carbonyl (C=O) groups is 1. The number of hydrogen-bond acceptors (Lipinski definition) is 3. The lowest BCUT2D eigenvalue weighted by atomic mass is 9.64. The summed E-state index contributed by atoms with van der Waals surface area (Å²) in [6.45, 7) is 6.76. The Morgan fingerprint density at radius 2 is 2.00 bits per heavy atom. The van der Waals surface area contributed by atoms with Crippen LogP contribution >= 0.6 is 0 Å². The second kappa shape index (κ2) is 5.57. The molecule has 0 aromatic rings. The van der Waals surface area contributed by atoms with Crippen molar-refractivity contribution in [1.29, 1.82) is 0 Å². The standard InChI is InChI=1S/C14H26N2O2/c1-14(2)11(10-12(14)17)15-7-6-13(18)16-8-4-3-5-9-16/h11-12,15,17H,3-10H2,1-2H3. The lowest BCUT2D eigenvalue weighted by molar-refractivity contribution is -0.132. The maximum Gasteiger partial charge on any atom is 0.223 e. The van der Waals surface area contributed by atoms with Gasteiger partial charge in [-0.2, -0.15) is 0 Å². The van der Waals surface area contributed by atoms with Crippen LogP contribution in [0.15, 0.2) is 0 Å². The predicted octanol–water partition coefficient (Wildman–Crippen LogP) is 1.14. The van der Waals surface area contributed by atoms with E-state index in [9.17, 15) is 9.90 Å². The van der Waals surface area contributed by atoms with Crippen LogP contribution in [0.2, 0.25) is 0 Å². The van der Waals surface area contributed by atoms with E-state index in [1.165, 1.54) is 6.42 Å². The minimum Gasteiger partial charge on any atom is -0.392 e. The van der Waals surface area contributed by atoms with Gasteiger partial charge in [-0.05, 0) is 25.7 Å². The molecule has 1 aliphatic carbocycles. The van der Waals surface area contributed by atoms with Crippen molar-refractivity contribution >= 4 is 5.91 Å². The van der Waals surface area contributed by atoms with Gasteiger partial charge in [0, 0.05) is 37.5 Å². The van der Waals surface area contributed by atoms with Gasteiger partial charge in [0.1, 0.15) is 0 Å². The number of rotatable bonds is 4. The fourth-order valence-corrected chi connectivity index (χ4v) is 2.90. The van der Waals surface area contributed by atoms with Gasteiger partial charge < -0.3 is 15.3 Å². The van der Waals surface area contributed by atoms with Crippen molar-refractivity contribution in [3.05, 3.63) is 0 Å². The molecule has 0 aromatic carbocycles. The van der Waals surface area contributed by atoms with E-state index < -0.39 is 0 Å². The van der Waals surface area contributed by atoms with E-state index in [4.69, 9.17) is 0 Å². The highest BCUT2D eigenvalue weighted by atomic mass is 16.3. The van der Waals surface area contributed by atoms with Gasteiger partial charge in [0.15, 0.2) is 0 Å². The van der Waals surface area contributed by atoms with Crippen LogP contribution in [0.3, 0.4) is 0 Å². The molecule has 1 saturated heterocycles. The predicted molar refractivity (Wildman–Crippen MR) is 71.2 cm³/mol. The van der Waals surface area contributed by atoms with Gasteiger partial charge in [-0.15, -0.1) is 0 Å². The second-order valence-electron chi connectivity index (χ2n) is 6.27. The highest BCUT2D eigenvalue weighted by Crippen LogP contribution is 2.40.